The minimum Gasteiger partial charge on any atom is -0.744 e. The van der Waals surface area contributed by atoms with Crippen LogP contribution in [0.5, 0.6) is 0 Å². The van der Waals surface area contributed by atoms with Crippen LogP contribution in [-0.2, 0) is 40.5 Å². The lowest BCUT2D eigenvalue weighted by atomic mass is 9.78. The van der Waals surface area contributed by atoms with E-state index < -0.39 is 96.8 Å². The van der Waals surface area contributed by atoms with Crippen LogP contribution < -0.4 is 20.9 Å². The van der Waals surface area contributed by atoms with Gasteiger partial charge in [-0.2, -0.15) is 25.3 Å². The zero-order chi connectivity index (χ0) is 39.7. The molecule has 0 saturated heterocycles. The molecule has 26 heteroatoms. The number of fused-ring (bicyclic) bond motifs is 18. The summed E-state index contributed by atoms with van der Waals surface area (Å²) in [6, 6.07) is 7.24. The molecular formula is C32H30AlClN8O12S4-5. The Morgan fingerprint density at radius 1 is 0.603 bits per heavy atom. The van der Waals surface area contributed by atoms with Crippen molar-refractivity contribution >= 4 is 115 Å². The molecule has 3 radical (unpaired) electrons. The highest BCUT2D eigenvalue weighted by Crippen LogP contribution is 2.50. The lowest BCUT2D eigenvalue weighted by Gasteiger charge is -2.43. The minimum atomic E-state index is -4.94. The molecule has 2 saturated carbocycles. The summed E-state index contributed by atoms with van der Waals surface area (Å²) in [5.74, 6) is -2.07. The third-order valence-electron chi connectivity index (χ3n) is 11.4. The van der Waals surface area contributed by atoms with E-state index in [1.54, 1.807) is 0 Å². The standard InChI is InChI=1S/C32H30N8O12S4.Al.ClH/c41-53(42,43)13-1-5-17-21(9-13)29-35-25(17)33-26-18-6-2-14(54(44,45)46)10-22(18)31(36-26)40-32-24-12-16(56(50,51)52)4-8-20(24)28(38-32)34-27-19-7-3-15(55(47,48)49)11-23(19)30(37-27)39-29;;/h1,4-5,8-9,12,14-15,18-19,22-23,26,30H,2-3,6-7,10-11H2,(H4-,34,36,37,38,40,41,42,43,44,45,46,47,48,49,50,51,52);;1H/q-4;;/p-1. The molecule has 2 aromatic heterocycles. The Balaban J connectivity index is 0.00000256. The van der Waals surface area contributed by atoms with Gasteiger partial charge in [0.05, 0.1) is 32.0 Å². The van der Waals surface area contributed by atoms with E-state index in [0.29, 0.717) is 5.39 Å². The van der Waals surface area contributed by atoms with Crippen molar-refractivity contribution in [2.45, 2.75) is 71.1 Å². The van der Waals surface area contributed by atoms with E-state index in [1.165, 1.54) is 12.1 Å². The molecule has 4 aromatic rings. The van der Waals surface area contributed by atoms with E-state index in [9.17, 15) is 51.9 Å². The van der Waals surface area contributed by atoms with Crippen LogP contribution in [0, 0.1) is 23.7 Å². The van der Waals surface area contributed by atoms with E-state index in [0.717, 1.165) is 24.3 Å². The Morgan fingerprint density at radius 2 is 1.14 bits per heavy atom. The molecule has 8 unspecified atom stereocenters. The van der Waals surface area contributed by atoms with Crippen molar-refractivity contribution in [2.75, 3.05) is 0 Å². The first-order valence-corrected chi connectivity index (χ1v) is 23.2. The summed E-state index contributed by atoms with van der Waals surface area (Å²) < 4.78 is 140. The van der Waals surface area contributed by atoms with Gasteiger partial charge < -0.3 is 45.1 Å². The third kappa shape index (κ3) is 7.48. The van der Waals surface area contributed by atoms with Crippen LogP contribution in [0.1, 0.15) is 38.5 Å². The summed E-state index contributed by atoms with van der Waals surface area (Å²) in [4.78, 5) is 27.3. The van der Waals surface area contributed by atoms with Gasteiger partial charge in [0.1, 0.15) is 10.1 Å². The molecule has 0 amide bonds. The molecule has 20 nitrogen and oxygen atoms in total. The second kappa shape index (κ2) is 14.6. The summed E-state index contributed by atoms with van der Waals surface area (Å²) in [6.07, 6.45) is -1.61. The van der Waals surface area contributed by atoms with Crippen molar-refractivity contribution in [1.82, 2.24) is 9.97 Å². The SMILES string of the molecule is Cl.O=S(=O)([O-])c1ccc2c3[n-]c(c2c1)[N-]C1N=C(N=c2[n-]c(c4cc(S(=O)(=O)O)ccc24)=NC2=NC([N-]3)C3CCC(S(=O)(=O)O)CC23)C2CCC(S(=O)(=O)O)CC12.[Al]. The molecule has 2 aliphatic carbocycles. The number of hydrogen-bond acceptors (Lipinski definition) is 13. The highest BCUT2D eigenvalue weighted by Gasteiger charge is 2.43. The summed E-state index contributed by atoms with van der Waals surface area (Å²) in [6.45, 7) is 0. The van der Waals surface area contributed by atoms with Crippen molar-refractivity contribution in [1.29, 1.82) is 0 Å². The Hall–Kier alpha value is -3.48. The Kier molecular flexibility index (Phi) is 10.7. The molecule has 2 fully saturated rings. The third-order valence-corrected chi connectivity index (χ3v) is 15.6. The highest BCUT2D eigenvalue weighted by atomic mass is 35.5. The highest BCUT2D eigenvalue weighted by molar-refractivity contribution is 7.87. The normalized spacial score (nSPS) is 28.3. The average molecular weight is 909 g/mol. The van der Waals surface area contributed by atoms with Crippen LogP contribution in [0.4, 0.5) is 11.6 Å². The molecule has 0 spiro atoms. The second-order valence-corrected chi connectivity index (χ2v) is 20.8. The molecule has 5 aliphatic rings. The van der Waals surface area contributed by atoms with E-state index in [-0.39, 0.29) is 119 Å². The maximum absolute atomic E-state index is 12.3. The fourth-order valence-electron chi connectivity index (χ4n) is 8.69. The van der Waals surface area contributed by atoms with Gasteiger partial charge in [-0.15, -0.1) is 12.4 Å². The molecule has 3 aliphatic heterocycles. The quantitative estimate of drug-likeness (QED) is 0.195. The molecule has 2 aromatic carbocycles. The molecule has 3 N–H and O–H groups in total. The number of aromatic nitrogens is 2. The average Bonchev–Trinajstić information content (AvgIpc) is 3.84. The van der Waals surface area contributed by atoms with Crippen molar-refractivity contribution in [3.8, 4) is 0 Å². The predicted octanol–water partition coefficient (Wildman–Crippen LogP) is 1.88. The van der Waals surface area contributed by atoms with E-state index in [2.05, 4.69) is 9.97 Å². The lowest BCUT2D eigenvalue weighted by molar-refractivity contribution is 0.290. The van der Waals surface area contributed by atoms with Crippen LogP contribution in [0.25, 0.3) is 32.2 Å². The van der Waals surface area contributed by atoms with Crippen molar-refractivity contribution in [3.63, 3.8) is 0 Å². The number of halogens is 1. The van der Waals surface area contributed by atoms with Gasteiger partial charge in [-0.3, -0.25) is 25.3 Å². The first-order chi connectivity index (χ1) is 26.2. The maximum Gasteiger partial charge on any atom is 0.294 e. The van der Waals surface area contributed by atoms with E-state index >= 15 is 0 Å². The van der Waals surface area contributed by atoms with Crippen molar-refractivity contribution in [3.05, 3.63) is 58.0 Å². The fourth-order valence-corrected chi connectivity index (χ4v) is 11.5. The lowest BCUT2D eigenvalue weighted by Crippen LogP contribution is -2.37. The molecule has 5 heterocycles. The maximum atomic E-state index is 12.3. The first kappa shape index (κ1) is 42.6. The number of amidine groups is 2. The van der Waals surface area contributed by atoms with Gasteiger partial charge in [-0.05, 0) is 97.7 Å². The predicted molar refractivity (Wildman–Crippen MR) is 208 cm³/mol. The monoisotopic (exact) mass is 908 g/mol. The smallest absolute Gasteiger partial charge is 0.294 e. The first-order valence-electron chi connectivity index (χ1n) is 17.3. The van der Waals surface area contributed by atoms with Gasteiger partial charge in [-0.1, -0.05) is 22.9 Å². The molecule has 8 bridgehead atoms. The van der Waals surface area contributed by atoms with Gasteiger partial charge in [0.2, 0.25) is 0 Å². The van der Waals surface area contributed by atoms with Crippen LogP contribution in [0.15, 0.2) is 66.2 Å². The van der Waals surface area contributed by atoms with Crippen LogP contribution >= 0.6 is 12.4 Å². The molecule has 58 heavy (non-hydrogen) atoms. The fraction of sp³-hybridized carbons (Fsp3) is 0.438. The molecule has 309 valence electrons. The van der Waals surface area contributed by atoms with Gasteiger partial charge in [-0.25, -0.2) is 8.42 Å². The largest absolute Gasteiger partial charge is 0.744 e. The number of benzene rings is 2. The van der Waals surface area contributed by atoms with Gasteiger partial charge >= 0.3 is 0 Å². The number of hydrogen-bond donors (Lipinski definition) is 3. The van der Waals surface area contributed by atoms with Crippen molar-refractivity contribution < 1.29 is 51.9 Å². The van der Waals surface area contributed by atoms with Crippen LogP contribution in [0.2, 0.25) is 0 Å². The van der Waals surface area contributed by atoms with Crippen molar-refractivity contribution in [2.24, 2.45) is 43.6 Å². The van der Waals surface area contributed by atoms with E-state index in [1.807, 2.05) is 0 Å². The Bertz CT molecular complexity index is 3030. The summed E-state index contributed by atoms with van der Waals surface area (Å²) in [5.41, 5.74) is -0.0384. The minimum absolute atomic E-state index is 0. The molecule has 8 atom stereocenters. The van der Waals surface area contributed by atoms with Crippen LogP contribution in [-0.4, -0.2) is 104 Å². The Labute approximate surface area is 347 Å². The van der Waals surface area contributed by atoms with E-state index in [4.69, 9.17) is 30.6 Å². The van der Waals surface area contributed by atoms with Crippen LogP contribution in [0.3, 0.4) is 0 Å². The number of aliphatic imine (C=N–C) groups is 2. The van der Waals surface area contributed by atoms with Gasteiger partial charge in [0.15, 0.2) is 0 Å². The zero-order valence-electron chi connectivity index (χ0n) is 29.5. The number of nitrogens with zero attached hydrogens (tertiary/aromatic N) is 8. The van der Waals surface area contributed by atoms with Gasteiger partial charge in [0.25, 0.3) is 30.4 Å². The summed E-state index contributed by atoms with van der Waals surface area (Å²) in [7, 11) is -18.6. The summed E-state index contributed by atoms with van der Waals surface area (Å²) >= 11 is 0. The zero-order valence-corrected chi connectivity index (χ0v) is 34.8. The molecular weight excluding hydrogens is 879 g/mol. The Morgan fingerprint density at radius 3 is 1.78 bits per heavy atom. The second-order valence-electron chi connectivity index (χ2n) is 14.6. The molecule has 9 rings (SSSR count). The summed E-state index contributed by atoms with van der Waals surface area (Å²) in [5, 5.41) is 8.17. The van der Waals surface area contributed by atoms with Gasteiger partial charge in [0, 0.05) is 40.2 Å². The number of rotatable bonds is 4. The topological polar surface area (TPSA) is 326 Å².